The Bertz CT molecular complexity index is 466. The number of urea groups is 1. The van der Waals surface area contributed by atoms with Gasteiger partial charge in [-0.1, -0.05) is 0 Å². The summed E-state index contributed by atoms with van der Waals surface area (Å²) in [6.07, 6.45) is 1.58. The van der Waals surface area contributed by atoms with Crippen LogP contribution in [0.2, 0.25) is 0 Å². The second-order valence-electron chi connectivity index (χ2n) is 4.84. The van der Waals surface area contributed by atoms with Gasteiger partial charge in [-0.3, -0.25) is 9.89 Å². The Kier molecular flexibility index (Phi) is 3.23. The number of ether oxygens (including phenoxy) is 1. The maximum atomic E-state index is 11.9. The predicted octanol–water partition coefficient (Wildman–Crippen LogP) is 2.35. The van der Waals surface area contributed by atoms with Gasteiger partial charge in [0.15, 0.2) is 0 Å². The molecule has 0 saturated carbocycles. The molecule has 96 valence electrons. The maximum Gasteiger partial charge on any atom is 0.327 e. The van der Waals surface area contributed by atoms with E-state index in [1.165, 1.54) is 0 Å². The molecular weight excluding hydrogens is 230 g/mol. The van der Waals surface area contributed by atoms with Crippen LogP contribution in [-0.4, -0.2) is 36.5 Å². The highest BCUT2D eigenvalue weighted by Crippen LogP contribution is 2.18. The van der Waals surface area contributed by atoms with Gasteiger partial charge in [0.05, 0.1) is 25.5 Å². The van der Waals surface area contributed by atoms with Crippen LogP contribution in [0.25, 0.3) is 0 Å². The second-order valence-corrected chi connectivity index (χ2v) is 4.84. The number of nitrogens with zero attached hydrogens (tertiary/aromatic N) is 2. The van der Waals surface area contributed by atoms with E-state index in [9.17, 15) is 4.79 Å². The molecule has 1 N–H and O–H groups in total. The van der Waals surface area contributed by atoms with Crippen molar-refractivity contribution in [2.45, 2.75) is 19.4 Å². The minimum Gasteiger partial charge on any atom is -0.497 e. The third kappa shape index (κ3) is 2.80. The van der Waals surface area contributed by atoms with Crippen LogP contribution >= 0.6 is 0 Å². The number of carbonyl (C=O) groups is 1. The Hall–Kier alpha value is -2.04. The highest BCUT2D eigenvalue weighted by atomic mass is 16.5. The summed E-state index contributed by atoms with van der Waals surface area (Å²) in [7, 11) is 1.61. The molecule has 1 aromatic rings. The number of aliphatic imine (C=N–C) groups is 1. The van der Waals surface area contributed by atoms with Gasteiger partial charge in [-0.25, -0.2) is 4.79 Å². The molecule has 1 aromatic carbocycles. The average molecular weight is 247 g/mol. The average Bonchev–Trinajstić information content (AvgIpc) is 2.71. The molecule has 0 radical (unpaired) electrons. The summed E-state index contributed by atoms with van der Waals surface area (Å²) < 4.78 is 5.06. The lowest BCUT2D eigenvalue weighted by Gasteiger charge is -2.18. The van der Waals surface area contributed by atoms with Gasteiger partial charge in [0.25, 0.3) is 0 Å². The zero-order chi connectivity index (χ0) is 13.2. The van der Waals surface area contributed by atoms with Crippen molar-refractivity contribution in [3.8, 4) is 5.75 Å². The SMILES string of the molecule is COc1ccc(NC(=O)N2C=NC(C)(C)C2)cc1. The van der Waals surface area contributed by atoms with Crippen molar-refractivity contribution in [2.24, 2.45) is 4.99 Å². The van der Waals surface area contributed by atoms with Crippen LogP contribution in [-0.2, 0) is 0 Å². The smallest absolute Gasteiger partial charge is 0.327 e. The molecule has 0 aromatic heterocycles. The molecule has 18 heavy (non-hydrogen) atoms. The third-order valence-electron chi connectivity index (χ3n) is 2.71. The zero-order valence-corrected chi connectivity index (χ0v) is 10.8. The van der Waals surface area contributed by atoms with Crippen molar-refractivity contribution in [2.75, 3.05) is 19.0 Å². The Balaban J connectivity index is 1.97. The minimum atomic E-state index is -0.197. The highest BCUT2D eigenvalue weighted by Gasteiger charge is 2.28. The number of rotatable bonds is 2. The van der Waals surface area contributed by atoms with Gasteiger partial charge < -0.3 is 10.1 Å². The largest absolute Gasteiger partial charge is 0.497 e. The Morgan fingerprint density at radius 2 is 2.06 bits per heavy atom. The van der Waals surface area contributed by atoms with Crippen LogP contribution in [0.5, 0.6) is 5.75 Å². The van der Waals surface area contributed by atoms with Crippen molar-refractivity contribution in [3.63, 3.8) is 0 Å². The highest BCUT2D eigenvalue weighted by molar-refractivity contribution is 5.97. The molecule has 5 heteroatoms. The number of amides is 2. The fraction of sp³-hybridized carbons (Fsp3) is 0.385. The van der Waals surface area contributed by atoms with E-state index in [1.54, 1.807) is 42.6 Å². The third-order valence-corrected chi connectivity index (χ3v) is 2.71. The van der Waals surface area contributed by atoms with Crippen LogP contribution < -0.4 is 10.1 Å². The molecule has 0 spiro atoms. The van der Waals surface area contributed by atoms with E-state index in [0.29, 0.717) is 6.54 Å². The van der Waals surface area contributed by atoms with Crippen LogP contribution in [0.1, 0.15) is 13.8 Å². The normalized spacial score (nSPS) is 16.7. The van der Waals surface area contributed by atoms with Gasteiger partial charge in [0, 0.05) is 5.69 Å². The molecule has 0 atom stereocenters. The van der Waals surface area contributed by atoms with Gasteiger partial charge in [-0.05, 0) is 38.1 Å². The van der Waals surface area contributed by atoms with Crippen molar-refractivity contribution in [1.29, 1.82) is 0 Å². The number of benzene rings is 1. The van der Waals surface area contributed by atoms with E-state index in [-0.39, 0.29) is 11.6 Å². The lowest BCUT2D eigenvalue weighted by Crippen LogP contribution is -2.36. The molecule has 0 bridgehead atoms. The Labute approximate surface area is 106 Å². The monoisotopic (exact) mass is 247 g/mol. The van der Waals surface area contributed by atoms with E-state index >= 15 is 0 Å². The van der Waals surface area contributed by atoms with Gasteiger partial charge in [0.2, 0.25) is 0 Å². The molecule has 1 aliphatic rings. The van der Waals surface area contributed by atoms with Crippen molar-refractivity contribution in [3.05, 3.63) is 24.3 Å². The quantitative estimate of drug-likeness (QED) is 0.872. The molecule has 1 heterocycles. The van der Waals surface area contributed by atoms with Gasteiger partial charge in [-0.15, -0.1) is 0 Å². The summed E-state index contributed by atoms with van der Waals surface area (Å²) in [5, 5.41) is 2.81. The number of anilines is 1. The maximum absolute atomic E-state index is 11.9. The summed E-state index contributed by atoms with van der Waals surface area (Å²) in [6.45, 7) is 4.57. The standard InChI is InChI=1S/C13H17N3O2/c1-13(2)8-16(9-14-13)12(17)15-10-4-6-11(18-3)7-5-10/h4-7,9H,8H2,1-3H3,(H,15,17). The first-order valence-corrected chi connectivity index (χ1v) is 5.77. The topological polar surface area (TPSA) is 53.9 Å². The van der Waals surface area contributed by atoms with Gasteiger partial charge >= 0.3 is 6.03 Å². The summed E-state index contributed by atoms with van der Waals surface area (Å²) in [6, 6.07) is 7.04. The van der Waals surface area contributed by atoms with E-state index in [4.69, 9.17) is 4.74 Å². The van der Waals surface area contributed by atoms with Crippen LogP contribution in [0, 0.1) is 0 Å². The van der Waals surface area contributed by atoms with Crippen molar-refractivity contribution < 1.29 is 9.53 Å². The fourth-order valence-corrected chi connectivity index (χ4v) is 1.72. The lowest BCUT2D eigenvalue weighted by molar-refractivity contribution is 0.233. The summed E-state index contributed by atoms with van der Waals surface area (Å²) in [5.74, 6) is 0.761. The molecule has 0 fully saturated rings. The molecule has 2 amide bonds. The number of carbonyl (C=O) groups excluding carboxylic acids is 1. The first-order valence-electron chi connectivity index (χ1n) is 5.77. The summed E-state index contributed by atoms with van der Waals surface area (Å²) in [4.78, 5) is 17.8. The fourth-order valence-electron chi connectivity index (χ4n) is 1.72. The van der Waals surface area contributed by atoms with Crippen molar-refractivity contribution in [1.82, 2.24) is 4.90 Å². The van der Waals surface area contributed by atoms with E-state index in [1.807, 2.05) is 13.8 Å². The summed E-state index contributed by atoms with van der Waals surface area (Å²) >= 11 is 0. The molecule has 0 aliphatic carbocycles. The predicted molar refractivity (Wildman–Crippen MR) is 71.3 cm³/mol. The van der Waals surface area contributed by atoms with Gasteiger partial charge in [0.1, 0.15) is 5.75 Å². The number of nitrogens with one attached hydrogen (secondary N) is 1. The van der Waals surface area contributed by atoms with E-state index < -0.39 is 0 Å². The van der Waals surface area contributed by atoms with Crippen LogP contribution in [0.4, 0.5) is 10.5 Å². The zero-order valence-electron chi connectivity index (χ0n) is 10.8. The molecular formula is C13H17N3O2. The van der Waals surface area contributed by atoms with E-state index in [2.05, 4.69) is 10.3 Å². The van der Waals surface area contributed by atoms with Gasteiger partial charge in [-0.2, -0.15) is 0 Å². The minimum absolute atomic E-state index is 0.172. The lowest BCUT2D eigenvalue weighted by atomic mass is 10.1. The Morgan fingerprint density at radius 3 is 2.56 bits per heavy atom. The van der Waals surface area contributed by atoms with Crippen LogP contribution in [0.15, 0.2) is 29.3 Å². The number of hydrogen-bond acceptors (Lipinski definition) is 3. The first-order chi connectivity index (χ1) is 8.50. The number of methoxy groups -OCH3 is 1. The Morgan fingerprint density at radius 1 is 1.39 bits per heavy atom. The van der Waals surface area contributed by atoms with E-state index in [0.717, 1.165) is 11.4 Å². The molecule has 2 rings (SSSR count). The molecule has 5 nitrogen and oxygen atoms in total. The molecule has 0 saturated heterocycles. The van der Waals surface area contributed by atoms with Crippen molar-refractivity contribution >= 4 is 18.1 Å². The molecule has 0 unspecified atom stereocenters. The summed E-state index contributed by atoms with van der Waals surface area (Å²) in [5.41, 5.74) is 0.538. The number of hydrogen-bond donors (Lipinski definition) is 1. The molecule has 1 aliphatic heterocycles. The second kappa shape index (κ2) is 4.68. The first kappa shape index (κ1) is 12.4. The van der Waals surface area contributed by atoms with Crippen LogP contribution in [0.3, 0.4) is 0 Å².